The predicted molar refractivity (Wildman–Crippen MR) is 46.1 cm³/mol. The largest absolute Gasteiger partial charge is 0.531 e. The minimum atomic E-state index is -0.506. The van der Waals surface area contributed by atoms with Gasteiger partial charge in [0.05, 0.1) is 0 Å². The van der Waals surface area contributed by atoms with Gasteiger partial charge in [-0.25, -0.2) is 4.79 Å². The fourth-order valence-corrected chi connectivity index (χ4v) is 0.440. The predicted octanol–water partition coefficient (Wildman–Crippen LogP) is 1.19. The van der Waals surface area contributed by atoms with E-state index in [0.29, 0.717) is 11.3 Å². The van der Waals surface area contributed by atoms with Crippen molar-refractivity contribution >= 4 is 48.0 Å². The zero-order chi connectivity index (χ0) is 6.57. The van der Waals surface area contributed by atoms with Gasteiger partial charge in [-0.3, -0.25) is 0 Å². The van der Waals surface area contributed by atoms with Crippen molar-refractivity contribution in [3.63, 3.8) is 0 Å². The van der Waals surface area contributed by atoms with E-state index in [-0.39, 0.29) is 0 Å². The molecule has 0 N–H and O–H groups in total. The number of hydrogen-bond acceptors (Lipinski definition) is 2. The number of carbonyl (C=O) groups excluding carboxylic acids is 1. The smallest absolute Gasteiger partial charge is 0.357 e. The van der Waals surface area contributed by atoms with Crippen LogP contribution in [-0.2, 0) is 4.65 Å². The second-order valence-corrected chi connectivity index (χ2v) is 3.85. The van der Waals surface area contributed by atoms with Crippen LogP contribution in [0.5, 0.6) is 0 Å². The number of halogens is 1. The lowest BCUT2D eigenvalue weighted by Gasteiger charge is -1.97. The van der Waals surface area contributed by atoms with E-state index in [1.165, 1.54) is 0 Å². The zero-order valence-electron chi connectivity index (χ0n) is 4.43. The Morgan fingerprint density at radius 2 is 2.50 bits per heavy atom. The van der Waals surface area contributed by atoms with E-state index in [1.807, 2.05) is 6.92 Å². The lowest BCUT2D eigenvalue weighted by atomic mass is 9.98. The van der Waals surface area contributed by atoms with Crippen LogP contribution >= 0.6 is 35.2 Å². The number of rotatable bonds is 2. The van der Waals surface area contributed by atoms with E-state index in [4.69, 9.17) is 0 Å². The molecule has 5 heteroatoms. The Morgan fingerprint density at radius 3 is 2.62 bits per heavy atom. The van der Waals surface area contributed by atoms with E-state index in [1.54, 1.807) is 0 Å². The molecule has 0 fully saturated rings. The number of thiol groups is 1. The van der Waals surface area contributed by atoms with Gasteiger partial charge in [0.1, 0.15) is 0 Å². The average Bonchev–Trinajstić information content (AvgIpc) is 1.61. The van der Waals surface area contributed by atoms with Crippen LogP contribution < -0.4 is 0 Å². The molecule has 0 radical (unpaired) electrons. The van der Waals surface area contributed by atoms with Crippen molar-refractivity contribution in [1.82, 2.24) is 0 Å². The maximum Gasteiger partial charge on any atom is 0.357 e. The highest BCUT2D eigenvalue weighted by atomic mass is 127. The van der Waals surface area contributed by atoms with Gasteiger partial charge in [0.15, 0.2) is 0 Å². The molecule has 1 atom stereocenters. The Labute approximate surface area is 68.2 Å². The van der Waals surface area contributed by atoms with Gasteiger partial charge in [0, 0.05) is 3.82 Å². The van der Waals surface area contributed by atoms with Gasteiger partial charge in [-0.15, -0.1) is 0 Å². The van der Waals surface area contributed by atoms with Gasteiger partial charge < -0.3 is 4.65 Å². The quantitative estimate of drug-likeness (QED) is 0.341. The molecule has 8 heavy (non-hydrogen) atoms. The molecule has 1 unspecified atom stereocenters. The molecule has 0 aliphatic rings. The Morgan fingerprint density at radius 1 is 2.00 bits per heavy atom. The topological polar surface area (TPSA) is 26.3 Å². The van der Waals surface area contributed by atoms with Crippen LogP contribution in [0.1, 0.15) is 6.92 Å². The molecule has 0 bridgehead atoms. The molecule has 0 aromatic heterocycles. The molecule has 0 saturated carbocycles. The molecule has 0 rings (SSSR count). The number of alkyl halides is 1. The minimum Gasteiger partial charge on any atom is -0.531 e. The summed E-state index contributed by atoms with van der Waals surface area (Å²) in [6.45, 7) is 1.96. The maximum atomic E-state index is 9.99. The number of hydrogen-bond donors (Lipinski definition) is 1. The van der Waals surface area contributed by atoms with E-state index >= 15 is 0 Å². The normalized spacial score (nSPS) is 12.4. The summed E-state index contributed by atoms with van der Waals surface area (Å²) in [7, 11) is 0.447. The van der Waals surface area contributed by atoms with E-state index < -0.39 is 5.30 Å². The van der Waals surface area contributed by atoms with Gasteiger partial charge in [-0.1, -0.05) is 42.1 Å². The summed E-state index contributed by atoms with van der Waals surface area (Å²) in [5, 5.41) is -0.506. The second kappa shape index (κ2) is 4.49. The molecule has 0 aromatic rings. The Kier molecular flexibility index (Phi) is 4.83. The molecule has 2 nitrogen and oxygen atoms in total. The minimum absolute atomic E-state index is 0.365. The summed E-state index contributed by atoms with van der Waals surface area (Å²) in [6, 6.07) is 0. The third-order valence-corrected chi connectivity index (χ3v) is 0.925. The first-order valence-corrected chi connectivity index (χ1v) is 3.82. The van der Waals surface area contributed by atoms with Crippen molar-refractivity contribution in [2.75, 3.05) is 0 Å². The Hall–Kier alpha value is 0.615. The van der Waals surface area contributed by atoms with Crippen molar-refractivity contribution in [2.24, 2.45) is 0 Å². The molecular formula is C3H6BIO2S. The summed E-state index contributed by atoms with van der Waals surface area (Å²) in [5.74, 6) is 0. The third kappa shape index (κ3) is 6.61. The molecule has 0 saturated heterocycles. The molecule has 46 valence electrons. The van der Waals surface area contributed by atoms with Crippen LogP contribution in [0.3, 0.4) is 0 Å². The van der Waals surface area contributed by atoms with Crippen molar-refractivity contribution in [3.05, 3.63) is 0 Å². The van der Waals surface area contributed by atoms with Crippen LogP contribution in [-0.4, -0.2) is 16.6 Å². The Bertz CT molecular complexity index is 87.4. The SMILES string of the molecule is CC(I)BOC(=O)S. The van der Waals surface area contributed by atoms with Crippen LogP contribution in [0.15, 0.2) is 0 Å². The molecule has 0 aliphatic heterocycles. The lowest BCUT2D eigenvalue weighted by molar-refractivity contribution is 0.229. The summed E-state index contributed by atoms with van der Waals surface area (Å²) in [6.07, 6.45) is 0. The highest BCUT2D eigenvalue weighted by molar-refractivity contribution is 14.1. The van der Waals surface area contributed by atoms with Gasteiger partial charge in [0.2, 0.25) is 0 Å². The van der Waals surface area contributed by atoms with E-state index in [2.05, 4.69) is 39.9 Å². The van der Waals surface area contributed by atoms with Crippen LogP contribution in [0, 0.1) is 0 Å². The van der Waals surface area contributed by atoms with Gasteiger partial charge in [-0.2, -0.15) is 0 Å². The Balaban J connectivity index is 3.05. The van der Waals surface area contributed by atoms with Gasteiger partial charge >= 0.3 is 12.8 Å². The first-order valence-electron chi connectivity index (χ1n) is 2.12. The highest BCUT2D eigenvalue weighted by Gasteiger charge is 2.01. The summed E-state index contributed by atoms with van der Waals surface area (Å²) < 4.78 is 4.89. The summed E-state index contributed by atoms with van der Waals surface area (Å²) in [5.41, 5.74) is 0. The van der Waals surface area contributed by atoms with Crippen molar-refractivity contribution in [2.45, 2.75) is 10.7 Å². The number of carbonyl (C=O) groups is 1. The zero-order valence-corrected chi connectivity index (χ0v) is 7.48. The van der Waals surface area contributed by atoms with Crippen molar-refractivity contribution < 1.29 is 9.45 Å². The van der Waals surface area contributed by atoms with Crippen molar-refractivity contribution in [1.29, 1.82) is 0 Å². The average molecular weight is 244 g/mol. The third-order valence-electron chi connectivity index (χ3n) is 0.436. The fourth-order valence-electron chi connectivity index (χ4n) is 0.186. The molecule has 0 aliphatic carbocycles. The molecular weight excluding hydrogens is 238 g/mol. The lowest BCUT2D eigenvalue weighted by Crippen LogP contribution is -2.09. The maximum absolute atomic E-state index is 9.99. The second-order valence-electron chi connectivity index (χ2n) is 1.36. The standard InChI is InChI=1S/C3H6BIO2S/c1-2(5)4-7-3(6)8/h2,4H,1H3,(H,6,8). The van der Waals surface area contributed by atoms with E-state index in [9.17, 15) is 4.79 Å². The van der Waals surface area contributed by atoms with E-state index in [0.717, 1.165) is 0 Å². The molecule has 0 spiro atoms. The van der Waals surface area contributed by atoms with Gasteiger partial charge in [0.25, 0.3) is 0 Å². The first-order chi connectivity index (χ1) is 3.63. The van der Waals surface area contributed by atoms with Crippen LogP contribution in [0.4, 0.5) is 4.79 Å². The first kappa shape index (κ1) is 8.61. The highest BCUT2D eigenvalue weighted by Crippen LogP contribution is 1.96. The monoisotopic (exact) mass is 244 g/mol. The van der Waals surface area contributed by atoms with Gasteiger partial charge in [-0.05, 0) is 0 Å². The molecule has 0 amide bonds. The van der Waals surface area contributed by atoms with Crippen LogP contribution in [0.2, 0.25) is 0 Å². The summed E-state index contributed by atoms with van der Waals surface area (Å²) in [4.78, 5) is 9.99. The molecule has 0 aromatic carbocycles. The van der Waals surface area contributed by atoms with Crippen molar-refractivity contribution in [3.8, 4) is 0 Å². The fraction of sp³-hybridized carbons (Fsp3) is 0.667. The summed E-state index contributed by atoms with van der Waals surface area (Å²) >= 11 is 5.57. The molecule has 0 heterocycles. The van der Waals surface area contributed by atoms with Crippen LogP contribution in [0.25, 0.3) is 0 Å².